The van der Waals surface area contributed by atoms with E-state index in [0.717, 1.165) is 29.9 Å². The average Bonchev–Trinajstić information content (AvgIpc) is 3.32. The van der Waals surface area contributed by atoms with Crippen LogP contribution in [0, 0.1) is 6.92 Å². The van der Waals surface area contributed by atoms with Gasteiger partial charge < -0.3 is 14.2 Å². The minimum Gasteiger partial charge on any atom is -0.419 e. The number of aryl methyl sites for hydroxylation is 1. The number of piperazine rings is 1. The Morgan fingerprint density at radius 2 is 1.44 bits per heavy atom. The highest BCUT2D eigenvalue weighted by atomic mass is 35.5. The first-order valence-corrected chi connectivity index (χ1v) is 12.9. The Balaban J connectivity index is 1.52. The van der Waals surface area contributed by atoms with Crippen molar-refractivity contribution in [1.82, 2.24) is 4.98 Å². The number of sulfone groups is 1. The maximum atomic E-state index is 13.6. The molecule has 0 aliphatic carbocycles. The van der Waals surface area contributed by atoms with Gasteiger partial charge in [-0.05, 0) is 55.5 Å². The molecular formula is C26H24ClN3O3S. The molecule has 34 heavy (non-hydrogen) atoms. The van der Waals surface area contributed by atoms with E-state index in [1.54, 1.807) is 12.1 Å². The normalized spacial score (nSPS) is 14.4. The van der Waals surface area contributed by atoms with Gasteiger partial charge in [0.1, 0.15) is 0 Å². The maximum absolute atomic E-state index is 13.6. The number of anilines is 2. The first-order valence-electron chi connectivity index (χ1n) is 11.1. The Bertz CT molecular complexity index is 1380. The van der Waals surface area contributed by atoms with Crippen molar-refractivity contribution in [3.8, 4) is 11.5 Å². The number of oxazole rings is 1. The van der Waals surface area contributed by atoms with Crippen LogP contribution in [0.5, 0.6) is 0 Å². The zero-order chi connectivity index (χ0) is 23.7. The number of hydrogen-bond donors (Lipinski definition) is 0. The van der Waals surface area contributed by atoms with Crippen LogP contribution in [-0.4, -0.2) is 39.6 Å². The standard InChI is InChI=1S/C26H24ClN3O3S/c1-19-7-9-20(10-8-19)24-28-25(34(31,32)23-13-11-21(27)12-14-23)26(33-24)30-17-15-29(16-18-30)22-5-3-2-4-6-22/h2-14H,15-18H2,1H3. The third-order valence-electron chi connectivity index (χ3n) is 5.94. The molecule has 4 aromatic rings. The molecule has 6 nitrogen and oxygen atoms in total. The third-order valence-corrected chi connectivity index (χ3v) is 7.86. The molecule has 2 heterocycles. The van der Waals surface area contributed by atoms with Gasteiger partial charge in [0.15, 0.2) is 0 Å². The zero-order valence-corrected chi connectivity index (χ0v) is 20.3. The fraction of sp³-hybridized carbons (Fsp3) is 0.192. The molecule has 0 N–H and O–H groups in total. The highest BCUT2D eigenvalue weighted by Crippen LogP contribution is 2.35. The van der Waals surface area contributed by atoms with E-state index in [0.29, 0.717) is 18.1 Å². The zero-order valence-electron chi connectivity index (χ0n) is 18.7. The van der Waals surface area contributed by atoms with E-state index in [1.165, 1.54) is 12.1 Å². The topological polar surface area (TPSA) is 66.7 Å². The van der Waals surface area contributed by atoms with E-state index in [1.807, 2.05) is 54.3 Å². The molecule has 174 valence electrons. The van der Waals surface area contributed by atoms with Crippen LogP contribution in [0.4, 0.5) is 11.6 Å². The second-order valence-corrected chi connectivity index (χ2v) is 10.6. The number of rotatable bonds is 5. The van der Waals surface area contributed by atoms with Crippen LogP contribution in [0.25, 0.3) is 11.5 Å². The van der Waals surface area contributed by atoms with E-state index in [2.05, 4.69) is 22.0 Å². The van der Waals surface area contributed by atoms with E-state index in [9.17, 15) is 8.42 Å². The average molecular weight is 494 g/mol. The summed E-state index contributed by atoms with van der Waals surface area (Å²) in [6.45, 7) is 4.70. The molecule has 0 radical (unpaired) electrons. The van der Waals surface area contributed by atoms with Gasteiger partial charge in [0, 0.05) is 42.5 Å². The molecule has 1 saturated heterocycles. The van der Waals surface area contributed by atoms with Crippen LogP contribution in [-0.2, 0) is 9.84 Å². The number of aromatic nitrogens is 1. The van der Waals surface area contributed by atoms with Gasteiger partial charge in [-0.25, -0.2) is 8.42 Å². The van der Waals surface area contributed by atoms with E-state index in [-0.39, 0.29) is 21.7 Å². The van der Waals surface area contributed by atoms with Crippen LogP contribution < -0.4 is 9.80 Å². The molecule has 1 aliphatic rings. The van der Waals surface area contributed by atoms with E-state index in [4.69, 9.17) is 16.0 Å². The maximum Gasteiger partial charge on any atom is 0.236 e. The Morgan fingerprint density at radius 1 is 0.824 bits per heavy atom. The van der Waals surface area contributed by atoms with E-state index >= 15 is 0 Å². The van der Waals surface area contributed by atoms with Crippen molar-refractivity contribution in [2.45, 2.75) is 16.8 Å². The second kappa shape index (κ2) is 9.16. The Hall–Kier alpha value is -3.29. The van der Waals surface area contributed by atoms with Crippen molar-refractivity contribution in [3.05, 3.63) is 89.4 Å². The molecule has 0 atom stereocenters. The van der Waals surface area contributed by atoms with Gasteiger partial charge in [0.05, 0.1) is 4.90 Å². The molecule has 0 bridgehead atoms. The summed E-state index contributed by atoms with van der Waals surface area (Å²) in [4.78, 5) is 8.86. The molecule has 0 saturated carbocycles. The lowest BCUT2D eigenvalue weighted by atomic mass is 10.1. The fourth-order valence-corrected chi connectivity index (χ4v) is 5.47. The van der Waals surface area contributed by atoms with Gasteiger partial charge in [-0.1, -0.05) is 47.5 Å². The summed E-state index contributed by atoms with van der Waals surface area (Å²) in [5.74, 6) is 0.561. The van der Waals surface area contributed by atoms with Crippen LogP contribution in [0.2, 0.25) is 5.02 Å². The molecular weight excluding hydrogens is 470 g/mol. The molecule has 3 aromatic carbocycles. The number of nitrogens with zero attached hydrogens (tertiary/aromatic N) is 3. The minimum absolute atomic E-state index is 0.0708. The summed E-state index contributed by atoms with van der Waals surface area (Å²) in [6.07, 6.45) is 0. The quantitative estimate of drug-likeness (QED) is 0.367. The third kappa shape index (κ3) is 4.41. The molecule has 5 rings (SSSR count). The molecule has 0 unspecified atom stereocenters. The minimum atomic E-state index is -3.92. The largest absolute Gasteiger partial charge is 0.419 e. The van der Waals surface area contributed by atoms with Crippen molar-refractivity contribution in [2.75, 3.05) is 36.0 Å². The highest BCUT2D eigenvalue weighted by molar-refractivity contribution is 7.91. The SMILES string of the molecule is Cc1ccc(-c2nc(S(=O)(=O)c3ccc(Cl)cc3)c(N3CCN(c4ccccc4)CC3)o2)cc1. The smallest absolute Gasteiger partial charge is 0.236 e. The lowest BCUT2D eigenvalue weighted by Crippen LogP contribution is -2.46. The first-order chi connectivity index (χ1) is 16.4. The Kier molecular flexibility index (Phi) is 6.06. The molecule has 1 aliphatic heterocycles. The molecule has 1 aromatic heterocycles. The van der Waals surface area contributed by atoms with Gasteiger partial charge in [0.2, 0.25) is 26.6 Å². The van der Waals surface area contributed by atoms with Gasteiger partial charge in [-0.2, -0.15) is 4.98 Å². The van der Waals surface area contributed by atoms with Crippen LogP contribution >= 0.6 is 11.6 Å². The summed E-state index contributed by atoms with van der Waals surface area (Å²) in [5.41, 5.74) is 2.97. The predicted molar refractivity (Wildman–Crippen MR) is 134 cm³/mol. The van der Waals surface area contributed by atoms with Crippen molar-refractivity contribution in [3.63, 3.8) is 0 Å². The summed E-state index contributed by atoms with van der Waals surface area (Å²) >= 11 is 5.98. The number of hydrogen-bond acceptors (Lipinski definition) is 6. The van der Waals surface area contributed by atoms with Crippen molar-refractivity contribution in [2.24, 2.45) is 0 Å². The lowest BCUT2D eigenvalue weighted by Gasteiger charge is -2.36. The molecule has 0 spiro atoms. The second-order valence-electron chi connectivity index (χ2n) is 8.26. The van der Waals surface area contributed by atoms with Crippen LogP contribution in [0.15, 0.2) is 93.2 Å². The first kappa shape index (κ1) is 22.5. The summed E-state index contributed by atoms with van der Waals surface area (Å²) in [5, 5.41) is 0.398. The monoisotopic (exact) mass is 493 g/mol. The molecule has 1 fully saturated rings. The van der Waals surface area contributed by atoms with Crippen LogP contribution in [0.3, 0.4) is 0 Å². The van der Waals surface area contributed by atoms with Gasteiger partial charge in [-0.15, -0.1) is 0 Å². The number of para-hydroxylation sites is 1. The lowest BCUT2D eigenvalue weighted by molar-refractivity contribution is 0.525. The molecule has 0 amide bonds. The van der Waals surface area contributed by atoms with Crippen molar-refractivity contribution < 1.29 is 12.8 Å². The summed E-state index contributed by atoms with van der Waals surface area (Å²) in [7, 11) is -3.92. The van der Waals surface area contributed by atoms with Gasteiger partial charge in [0.25, 0.3) is 0 Å². The molecule has 8 heteroatoms. The van der Waals surface area contributed by atoms with E-state index < -0.39 is 9.84 Å². The van der Waals surface area contributed by atoms with Crippen LogP contribution in [0.1, 0.15) is 5.56 Å². The predicted octanol–water partition coefficient (Wildman–Crippen LogP) is 5.46. The number of benzene rings is 3. The van der Waals surface area contributed by atoms with Gasteiger partial charge in [-0.3, -0.25) is 0 Å². The highest BCUT2D eigenvalue weighted by Gasteiger charge is 2.33. The van der Waals surface area contributed by atoms with Gasteiger partial charge >= 0.3 is 0 Å². The summed E-state index contributed by atoms with van der Waals surface area (Å²) in [6, 6.07) is 24.0. The Morgan fingerprint density at radius 3 is 2.09 bits per heavy atom. The fourth-order valence-electron chi connectivity index (χ4n) is 4.02. The van der Waals surface area contributed by atoms with Crippen molar-refractivity contribution in [1.29, 1.82) is 0 Å². The van der Waals surface area contributed by atoms with Crippen molar-refractivity contribution >= 4 is 33.0 Å². The Labute approximate surface area is 204 Å². The number of halogens is 1. The summed E-state index contributed by atoms with van der Waals surface area (Å²) < 4.78 is 33.3.